The van der Waals surface area contributed by atoms with Gasteiger partial charge in [-0.3, -0.25) is 19.8 Å². The number of nitro groups is 1. The number of non-ortho nitro benzene ring substituents is 1. The number of nitriles is 1. The minimum absolute atomic E-state index is 0.0655. The molecule has 13 heteroatoms. The maximum Gasteiger partial charge on any atom is 0.421 e. The van der Waals surface area contributed by atoms with Gasteiger partial charge in [0.15, 0.2) is 0 Å². The van der Waals surface area contributed by atoms with Crippen LogP contribution in [0.15, 0.2) is 24.3 Å². The second kappa shape index (κ2) is 12.7. The molecule has 1 aromatic carbocycles. The minimum atomic E-state index is -0.823. The van der Waals surface area contributed by atoms with Crippen LogP contribution in [0.25, 0.3) is 0 Å². The molecule has 2 aromatic rings. The summed E-state index contributed by atoms with van der Waals surface area (Å²) >= 11 is 1.43. The molecule has 3 atom stereocenters. The van der Waals surface area contributed by atoms with Crippen molar-refractivity contribution >= 4 is 40.1 Å². The van der Waals surface area contributed by atoms with E-state index in [1.165, 1.54) is 40.5 Å². The third-order valence-corrected chi connectivity index (χ3v) is 9.09. The van der Waals surface area contributed by atoms with Gasteiger partial charge in [0, 0.05) is 43.2 Å². The second-order valence-electron chi connectivity index (χ2n) is 12.1. The molecule has 1 aliphatic heterocycles. The van der Waals surface area contributed by atoms with Crippen molar-refractivity contribution in [3.05, 3.63) is 50.4 Å². The fraction of sp³-hybridized carbons (Fsp3) is 0.533. The standard InChI is InChI=1S/C30H37N5O7S/c1-7-12-34(29(38)41-21-10-8-20(9-11-21)35(39)40)26(36)19-13-18-14-22-23(16-31)27(33(6)28(37)42-30(2,3)4)43-25(22)15-24(18)32(5)17-19/h8-11,18-19,24H,7,12-15,17H2,1-6H3. The maximum absolute atomic E-state index is 13.7. The van der Waals surface area contributed by atoms with Crippen molar-refractivity contribution in [2.24, 2.45) is 11.8 Å². The highest BCUT2D eigenvalue weighted by atomic mass is 32.1. The molecule has 1 aromatic heterocycles. The number of fused-ring (bicyclic) bond motifs is 2. The van der Waals surface area contributed by atoms with Crippen molar-refractivity contribution in [2.45, 2.75) is 65.0 Å². The lowest BCUT2D eigenvalue weighted by Crippen LogP contribution is -2.54. The molecule has 0 bridgehead atoms. The Balaban J connectivity index is 1.51. The fourth-order valence-corrected chi connectivity index (χ4v) is 7.06. The van der Waals surface area contributed by atoms with E-state index >= 15 is 0 Å². The molecule has 2 aliphatic rings. The van der Waals surface area contributed by atoms with Crippen LogP contribution in [0, 0.1) is 33.3 Å². The first kappa shape index (κ1) is 31.9. The van der Waals surface area contributed by atoms with Crippen molar-refractivity contribution in [3.8, 4) is 11.8 Å². The molecule has 1 fully saturated rings. The van der Waals surface area contributed by atoms with E-state index in [1.807, 2.05) is 14.0 Å². The van der Waals surface area contributed by atoms with Gasteiger partial charge in [0.05, 0.1) is 16.4 Å². The van der Waals surface area contributed by atoms with E-state index in [0.29, 0.717) is 42.8 Å². The molecule has 43 heavy (non-hydrogen) atoms. The smallest absolute Gasteiger partial charge is 0.421 e. The van der Waals surface area contributed by atoms with Crippen molar-refractivity contribution in [1.82, 2.24) is 9.80 Å². The van der Waals surface area contributed by atoms with Crippen molar-refractivity contribution < 1.29 is 28.8 Å². The van der Waals surface area contributed by atoms with E-state index < -0.39 is 28.6 Å². The van der Waals surface area contributed by atoms with Gasteiger partial charge >= 0.3 is 12.2 Å². The molecule has 0 N–H and O–H groups in total. The van der Waals surface area contributed by atoms with Gasteiger partial charge in [0.25, 0.3) is 5.69 Å². The average Bonchev–Trinajstić information content (AvgIpc) is 3.30. The number of amides is 3. The molecule has 2 heterocycles. The number of thiophene rings is 1. The zero-order valence-electron chi connectivity index (χ0n) is 25.3. The molecule has 12 nitrogen and oxygen atoms in total. The Morgan fingerprint density at radius 3 is 2.44 bits per heavy atom. The summed E-state index contributed by atoms with van der Waals surface area (Å²) < 4.78 is 10.9. The quantitative estimate of drug-likeness (QED) is 0.311. The van der Waals surface area contributed by atoms with Gasteiger partial charge in [-0.2, -0.15) is 5.26 Å². The lowest BCUT2D eigenvalue weighted by Gasteiger charge is -2.45. The van der Waals surface area contributed by atoms with Crippen LogP contribution in [0.2, 0.25) is 0 Å². The number of hydrogen-bond acceptors (Lipinski definition) is 10. The summed E-state index contributed by atoms with van der Waals surface area (Å²) in [6.07, 6.45) is 0.996. The lowest BCUT2D eigenvalue weighted by molar-refractivity contribution is -0.384. The van der Waals surface area contributed by atoms with Crippen LogP contribution >= 0.6 is 11.3 Å². The molecule has 1 saturated heterocycles. The predicted octanol–water partition coefficient (Wildman–Crippen LogP) is 5.37. The highest BCUT2D eigenvalue weighted by Gasteiger charge is 2.44. The minimum Gasteiger partial charge on any atom is -0.443 e. The van der Waals surface area contributed by atoms with E-state index in [9.17, 15) is 29.8 Å². The molecule has 4 rings (SSSR count). The van der Waals surface area contributed by atoms with Crippen LogP contribution in [0.5, 0.6) is 5.75 Å². The maximum atomic E-state index is 13.7. The summed E-state index contributed by atoms with van der Waals surface area (Å²) in [7, 11) is 3.58. The van der Waals surface area contributed by atoms with E-state index in [1.54, 1.807) is 27.8 Å². The van der Waals surface area contributed by atoms with E-state index in [-0.39, 0.29) is 35.8 Å². The van der Waals surface area contributed by atoms with E-state index in [4.69, 9.17) is 9.47 Å². The van der Waals surface area contributed by atoms with Gasteiger partial charge < -0.3 is 14.4 Å². The third-order valence-electron chi connectivity index (χ3n) is 7.76. The Kier molecular flexibility index (Phi) is 9.41. The Morgan fingerprint density at radius 2 is 1.86 bits per heavy atom. The number of anilines is 1. The van der Waals surface area contributed by atoms with Crippen molar-refractivity contribution in [1.29, 1.82) is 5.26 Å². The van der Waals surface area contributed by atoms with Crippen LogP contribution in [-0.2, 0) is 22.4 Å². The SMILES string of the molecule is CCCN(C(=O)Oc1ccc([N+](=O)[O-])cc1)C(=O)C1CC2Cc3c(sc(N(C)C(=O)OC(C)(C)C)c3C#N)CC2N(C)C1. The summed E-state index contributed by atoms with van der Waals surface area (Å²) in [5.74, 6) is -0.618. The van der Waals surface area contributed by atoms with Gasteiger partial charge in [0.1, 0.15) is 22.4 Å². The van der Waals surface area contributed by atoms with Gasteiger partial charge in [-0.1, -0.05) is 6.92 Å². The highest BCUT2D eigenvalue weighted by Crippen LogP contribution is 2.45. The fourth-order valence-electron chi connectivity index (χ4n) is 5.78. The van der Waals surface area contributed by atoms with E-state index in [0.717, 1.165) is 15.3 Å². The van der Waals surface area contributed by atoms with Crippen molar-refractivity contribution in [2.75, 3.05) is 32.1 Å². The van der Waals surface area contributed by atoms with Crippen LogP contribution < -0.4 is 9.64 Å². The van der Waals surface area contributed by atoms with Crippen LogP contribution in [-0.4, -0.2) is 71.6 Å². The number of imide groups is 1. The number of likely N-dealkylation sites (tertiary alicyclic amines) is 1. The number of nitrogens with zero attached hydrogens (tertiary/aromatic N) is 5. The molecular weight excluding hydrogens is 574 g/mol. The monoisotopic (exact) mass is 611 g/mol. The number of ether oxygens (including phenoxy) is 2. The number of carbonyl (C=O) groups is 3. The number of benzene rings is 1. The molecule has 230 valence electrons. The zero-order valence-corrected chi connectivity index (χ0v) is 26.1. The molecular formula is C30H37N5O7S. The van der Waals surface area contributed by atoms with Crippen molar-refractivity contribution in [3.63, 3.8) is 0 Å². The van der Waals surface area contributed by atoms with E-state index in [2.05, 4.69) is 11.0 Å². The molecule has 0 saturated carbocycles. The van der Waals surface area contributed by atoms with Gasteiger partial charge in [-0.15, -0.1) is 11.3 Å². The number of piperidine rings is 1. The number of hydrogen-bond donors (Lipinski definition) is 0. The summed E-state index contributed by atoms with van der Waals surface area (Å²) in [6, 6.07) is 7.57. The topological polar surface area (TPSA) is 146 Å². The Morgan fingerprint density at radius 1 is 1.19 bits per heavy atom. The van der Waals surface area contributed by atoms with Crippen LogP contribution in [0.4, 0.5) is 20.3 Å². The second-order valence-corrected chi connectivity index (χ2v) is 13.1. The summed E-state index contributed by atoms with van der Waals surface area (Å²) in [6.45, 7) is 7.86. The van der Waals surface area contributed by atoms with Gasteiger partial charge in [0.2, 0.25) is 5.91 Å². The first-order chi connectivity index (χ1) is 20.2. The number of likely N-dealkylation sites (N-methyl/N-ethyl adjacent to an activating group) is 1. The third kappa shape index (κ3) is 6.97. The zero-order chi connectivity index (χ0) is 31.6. The first-order valence-corrected chi connectivity index (χ1v) is 15.0. The molecule has 3 amide bonds. The molecule has 0 radical (unpaired) electrons. The number of carbonyl (C=O) groups excluding carboxylic acids is 3. The lowest BCUT2D eigenvalue weighted by atomic mass is 9.74. The summed E-state index contributed by atoms with van der Waals surface area (Å²) in [4.78, 5) is 55.7. The number of rotatable bonds is 6. The largest absolute Gasteiger partial charge is 0.443 e. The summed E-state index contributed by atoms with van der Waals surface area (Å²) in [5, 5.41) is 21.6. The van der Waals surface area contributed by atoms with Crippen LogP contribution in [0.3, 0.4) is 0 Å². The van der Waals surface area contributed by atoms with Gasteiger partial charge in [-0.25, -0.2) is 14.5 Å². The Hall–Kier alpha value is -4.02. The van der Waals surface area contributed by atoms with Gasteiger partial charge in [-0.05, 0) is 77.1 Å². The van der Waals surface area contributed by atoms with Crippen LogP contribution in [0.1, 0.15) is 56.5 Å². The Bertz CT molecular complexity index is 1440. The first-order valence-electron chi connectivity index (χ1n) is 14.2. The average molecular weight is 612 g/mol. The summed E-state index contributed by atoms with van der Waals surface area (Å²) in [5.41, 5.74) is 0.560. The molecule has 1 aliphatic carbocycles. The normalized spacial score (nSPS) is 19.8. The molecule has 3 unspecified atom stereocenters. The highest BCUT2D eigenvalue weighted by molar-refractivity contribution is 7.16. The predicted molar refractivity (Wildman–Crippen MR) is 160 cm³/mol. The molecule has 0 spiro atoms. The Labute approximate surface area is 254 Å². The number of nitro benzene ring substituents is 1.